The topological polar surface area (TPSA) is 52.3 Å². The van der Waals surface area contributed by atoms with Crippen LogP contribution in [-0.2, 0) is 11.2 Å². The average molecular weight is 345 g/mol. The Kier molecular flexibility index (Phi) is 5.34. The number of para-hydroxylation sites is 1. The van der Waals surface area contributed by atoms with Crippen LogP contribution in [0.2, 0.25) is 10.0 Å². The Hall–Kier alpha value is -1.42. The number of hydrogen-bond donors (Lipinski definition) is 1. The first-order valence-electron chi connectivity index (χ1n) is 6.07. The highest BCUT2D eigenvalue weighted by Crippen LogP contribution is 2.29. The minimum absolute atomic E-state index is 0.115. The Morgan fingerprint density at radius 2 is 1.76 bits per heavy atom. The van der Waals surface area contributed by atoms with Crippen LogP contribution in [-0.4, -0.2) is 12.0 Å². The van der Waals surface area contributed by atoms with E-state index in [0.29, 0.717) is 12.1 Å². The number of nitrogens with two attached hydrogens (primary N) is 1. The Morgan fingerprint density at radius 1 is 1.14 bits per heavy atom. The van der Waals surface area contributed by atoms with Gasteiger partial charge in [0.2, 0.25) is 0 Å². The Morgan fingerprint density at radius 3 is 2.33 bits per heavy atom. The van der Waals surface area contributed by atoms with Gasteiger partial charge in [-0.05, 0) is 35.7 Å². The fourth-order valence-electron chi connectivity index (χ4n) is 1.96. The number of carbonyl (C=O) groups excluding carboxylic acids is 1. The van der Waals surface area contributed by atoms with Gasteiger partial charge in [-0.2, -0.15) is 0 Å². The first-order chi connectivity index (χ1) is 10.0. The van der Waals surface area contributed by atoms with Crippen molar-refractivity contribution in [2.75, 3.05) is 11.8 Å². The maximum Gasteiger partial charge on any atom is 0.342 e. The molecule has 0 aliphatic carbocycles. The van der Waals surface area contributed by atoms with E-state index < -0.39 is 5.97 Å². The second-order valence-electron chi connectivity index (χ2n) is 4.35. The Bertz CT molecular complexity index is 651. The molecule has 2 N–H and O–H groups in total. The predicted octanol–water partition coefficient (Wildman–Crippen LogP) is 4.52. The van der Waals surface area contributed by atoms with Crippen LogP contribution in [0.15, 0.2) is 36.4 Å². The van der Waals surface area contributed by atoms with Crippen LogP contribution in [0.3, 0.4) is 0 Å². The fourth-order valence-corrected chi connectivity index (χ4v) is 2.75. The molecule has 0 atom stereocenters. The molecule has 0 aliphatic rings. The molecule has 0 fully saturated rings. The molecule has 2 aromatic carbocycles. The minimum atomic E-state index is -0.647. The smallest absolute Gasteiger partial charge is 0.342 e. The van der Waals surface area contributed by atoms with Crippen molar-refractivity contribution in [3.63, 3.8) is 0 Å². The van der Waals surface area contributed by atoms with Gasteiger partial charge in [0.15, 0.2) is 6.07 Å². The summed E-state index contributed by atoms with van der Waals surface area (Å²) in [6.45, 7) is 0. The predicted molar refractivity (Wildman–Crippen MR) is 86.3 cm³/mol. The van der Waals surface area contributed by atoms with E-state index in [2.05, 4.69) is 0 Å². The van der Waals surface area contributed by atoms with Crippen molar-refractivity contribution in [1.82, 2.24) is 0 Å². The van der Waals surface area contributed by atoms with E-state index in [9.17, 15) is 4.79 Å². The van der Waals surface area contributed by atoms with E-state index in [-0.39, 0.29) is 21.7 Å². The Labute approximate surface area is 137 Å². The van der Waals surface area contributed by atoms with E-state index >= 15 is 0 Å². The molecule has 0 radical (unpaired) electrons. The summed E-state index contributed by atoms with van der Waals surface area (Å²) < 4.78 is 4.70. The highest BCUT2D eigenvalue weighted by atomic mass is 35.5. The lowest BCUT2D eigenvalue weighted by Crippen LogP contribution is -2.06. The first-order valence-corrected chi connectivity index (χ1v) is 7.36. The molecule has 0 bridgehead atoms. The number of rotatable bonds is 4. The van der Waals surface area contributed by atoms with Crippen LogP contribution in [0.4, 0.5) is 5.69 Å². The van der Waals surface area contributed by atoms with Gasteiger partial charge in [-0.3, -0.25) is 0 Å². The lowest BCUT2D eigenvalue weighted by Gasteiger charge is -2.10. The summed E-state index contributed by atoms with van der Waals surface area (Å²) >= 11 is 17.6. The van der Waals surface area contributed by atoms with Gasteiger partial charge in [-0.1, -0.05) is 53.0 Å². The second kappa shape index (κ2) is 7.03. The molecule has 0 saturated heterocycles. The molecule has 0 aromatic heterocycles. The molecule has 110 valence electrons. The fraction of sp³-hybridized carbons (Fsp3) is 0.133. The maximum absolute atomic E-state index is 11.7. The van der Waals surface area contributed by atoms with Crippen LogP contribution in [0.25, 0.3) is 0 Å². The molecule has 0 amide bonds. The van der Waals surface area contributed by atoms with Crippen LogP contribution >= 0.6 is 34.8 Å². The van der Waals surface area contributed by atoms with Gasteiger partial charge in [-0.25, -0.2) is 4.79 Å². The normalized spacial score (nSPS) is 10.4. The van der Waals surface area contributed by atoms with Crippen molar-refractivity contribution in [2.45, 2.75) is 6.42 Å². The summed E-state index contributed by atoms with van der Waals surface area (Å²) in [5.74, 6) is -0.647. The number of alkyl halides is 1. The maximum atomic E-state index is 11.7. The van der Waals surface area contributed by atoms with Crippen LogP contribution in [0.5, 0.6) is 0 Å². The van der Waals surface area contributed by atoms with E-state index in [4.69, 9.17) is 45.3 Å². The summed E-state index contributed by atoms with van der Waals surface area (Å²) in [4.78, 5) is 11.7. The van der Waals surface area contributed by atoms with Crippen LogP contribution in [0.1, 0.15) is 21.5 Å². The number of esters is 1. The van der Waals surface area contributed by atoms with Crippen molar-refractivity contribution in [3.05, 3.63) is 63.1 Å². The molecule has 21 heavy (non-hydrogen) atoms. The lowest BCUT2D eigenvalue weighted by molar-refractivity contribution is 0.0574. The molecule has 0 spiro atoms. The van der Waals surface area contributed by atoms with Crippen molar-refractivity contribution >= 4 is 46.5 Å². The molecular weight excluding hydrogens is 333 g/mol. The third-order valence-corrected chi connectivity index (χ3v) is 3.65. The molecule has 2 aromatic rings. The standard InChI is InChI=1S/C15H12Cl3NO2/c16-8-21-15(20)14-11(17)6-9(7-12(14)18)5-10-3-1-2-4-13(10)19/h1-4,6-7H,5,8,19H2. The summed E-state index contributed by atoms with van der Waals surface area (Å²) in [5, 5.41) is 0.448. The number of hydrogen-bond acceptors (Lipinski definition) is 3. The van der Waals surface area contributed by atoms with Gasteiger partial charge >= 0.3 is 5.97 Å². The monoisotopic (exact) mass is 343 g/mol. The van der Waals surface area contributed by atoms with Gasteiger partial charge in [-0.15, -0.1) is 0 Å². The number of anilines is 1. The number of nitrogen functional groups attached to an aromatic ring is 1. The van der Waals surface area contributed by atoms with Crippen LogP contribution < -0.4 is 5.73 Å². The number of carbonyl (C=O) groups is 1. The molecule has 3 nitrogen and oxygen atoms in total. The number of halogens is 3. The molecular formula is C15H12Cl3NO2. The summed E-state index contributed by atoms with van der Waals surface area (Å²) in [5.41, 5.74) is 8.52. The van der Waals surface area contributed by atoms with E-state index in [1.807, 2.05) is 24.3 Å². The van der Waals surface area contributed by atoms with Crippen molar-refractivity contribution in [3.8, 4) is 0 Å². The minimum Gasteiger partial charge on any atom is -0.446 e. The molecule has 0 unspecified atom stereocenters. The molecule has 0 aliphatic heterocycles. The summed E-state index contributed by atoms with van der Waals surface area (Å²) in [6.07, 6.45) is 0.566. The van der Waals surface area contributed by atoms with Gasteiger partial charge in [0.05, 0.1) is 15.6 Å². The highest BCUT2D eigenvalue weighted by Gasteiger charge is 2.17. The molecule has 0 heterocycles. The zero-order valence-electron chi connectivity index (χ0n) is 10.9. The van der Waals surface area contributed by atoms with Gasteiger partial charge in [0, 0.05) is 5.69 Å². The third-order valence-electron chi connectivity index (χ3n) is 2.94. The van der Waals surface area contributed by atoms with Gasteiger partial charge < -0.3 is 10.5 Å². The average Bonchev–Trinajstić information content (AvgIpc) is 2.41. The van der Waals surface area contributed by atoms with E-state index in [1.165, 1.54) is 0 Å². The third kappa shape index (κ3) is 3.82. The largest absolute Gasteiger partial charge is 0.446 e. The van der Waals surface area contributed by atoms with Crippen LogP contribution in [0, 0.1) is 0 Å². The highest BCUT2D eigenvalue weighted by molar-refractivity contribution is 6.39. The van der Waals surface area contributed by atoms with E-state index in [1.54, 1.807) is 12.1 Å². The quantitative estimate of drug-likeness (QED) is 0.504. The first kappa shape index (κ1) is 16.0. The zero-order chi connectivity index (χ0) is 15.4. The van der Waals surface area contributed by atoms with Gasteiger partial charge in [0.1, 0.15) is 0 Å². The number of benzene rings is 2. The van der Waals surface area contributed by atoms with Crippen molar-refractivity contribution < 1.29 is 9.53 Å². The van der Waals surface area contributed by atoms with Crippen molar-refractivity contribution in [1.29, 1.82) is 0 Å². The van der Waals surface area contributed by atoms with Crippen molar-refractivity contribution in [2.24, 2.45) is 0 Å². The van der Waals surface area contributed by atoms with Gasteiger partial charge in [0.25, 0.3) is 0 Å². The zero-order valence-corrected chi connectivity index (χ0v) is 13.2. The molecule has 6 heteroatoms. The molecule has 0 saturated carbocycles. The summed E-state index contributed by atoms with van der Waals surface area (Å²) in [7, 11) is 0. The number of ether oxygens (including phenoxy) is 1. The second-order valence-corrected chi connectivity index (χ2v) is 5.38. The van der Waals surface area contributed by atoms with E-state index in [0.717, 1.165) is 11.1 Å². The summed E-state index contributed by atoms with van der Waals surface area (Å²) in [6, 6.07) is 10.6. The lowest BCUT2D eigenvalue weighted by atomic mass is 10.0. The Balaban J connectivity index is 2.32. The SMILES string of the molecule is Nc1ccccc1Cc1cc(Cl)c(C(=O)OCCl)c(Cl)c1. The molecule has 2 rings (SSSR count).